The van der Waals surface area contributed by atoms with Gasteiger partial charge in [-0.2, -0.15) is 5.26 Å². The maximum Gasteiger partial charge on any atom is 0.0638 e. The van der Waals surface area contributed by atoms with Crippen LogP contribution in [0.4, 0.5) is 0 Å². The maximum atomic E-state index is 8.57. The Morgan fingerprint density at radius 3 is 2.31 bits per heavy atom. The first-order chi connectivity index (χ1) is 6.10. The van der Waals surface area contributed by atoms with Gasteiger partial charge in [0.25, 0.3) is 0 Å². The molecular formula is C11H22N2. The highest BCUT2D eigenvalue weighted by Gasteiger charge is 2.10. The standard InChI is InChI=1S/C11H22N2/c1-5-11(6-7-12)13-10(4)8-9(2)3/h9-11,13H,5-6,8H2,1-4H3. The van der Waals surface area contributed by atoms with Gasteiger partial charge >= 0.3 is 0 Å². The summed E-state index contributed by atoms with van der Waals surface area (Å²) in [6.45, 7) is 8.77. The zero-order valence-electron chi connectivity index (χ0n) is 9.30. The van der Waals surface area contributed by atoms with Crippen molar-refractivity contribution in [1.29, 1.82) is 5.26 Å². The second-order valence-corrected chi connectivity index (χ2v) is 4.16. The Labute approximate surface area is 82.3 Å². The van der Waals surface area contributed by atoms with Gasteiger partial charge < -0.3 is 5.32 Å². The molecule has 76 valence electrons. The molecule has 0 radical (unpaired) electrons. The predicted octanol–water partition coefficient (Wildman–Crippen LogP) is 2.70. The minimum absolute atomic E-state index is 0.374. The maximum absolute atomic E-state index is 8.57. The molecule has 0 saturated carbocycles. The lowest BCUT2D eigenvalue weighted by atomic mass is 10.0. The van der Waals surface area contributed by atoms with E-state index in [1.807, 2.05) is 0 Å². The van der Waals surface area contributed by atoms with Crippen LogP contribution in [-0.4, -0.2) is 12.1 Å². The Hall–Kier alpha value is -0.550. The van der Waals surface area contributed by atoms with Crippen LogP contribution in [0.3, 0.4) is 0 Å². The molecular weight excluding hydrogens is 160 g/mol. The number of hydrogen-bond donors (Lipinski definition) is 1. The Balaban J connectivity index is 3.73. The Morgan fingerprint density at radius 2 is 1.92 bits per heavy atom. The third-order valence-corrected chi connectivity index (χ3v) is 2.18. The SMILES string of the molecule is CCC(CC#N)NC(C)CC(C)C. The summed E-state index contributed by atoms with van der Waals surface area (Å²) in [5.41, 5.74) is 0. The van der Waals surface area contributed by atoms with Gasteiger partial charge in [0.05, 0.1) is 12.5 Å². The van der Waals surface area contributed by atoms with Crippen LogP contribution in [0.5, 0.6) is 0 Å². The zero-order chi connectivity index (χ0) is 10.3. The minimum atomic E-state index is 0.374. The predicted molar refractivity (Wildman–Crippen MR) is 56.4 cm³/mol. The van der Waals surface area contributed by atoms with E-state index in [0.717, 1.165) is 12.3 Å². The number of nitrogens with zero attached hydrogens (tertiary/aromatic N) is 1. The van der Waals surface area contributed by atoms with Gasteiger partial charge in [0, 0.05) is 12.1 Å². The summed E-state index contributed by atoms with van der Waals surface area (Å²) in [6.07, 6.45) is 2.84. The molecule has 0 aliphatic heterocycles. The monoisotopic (exact) mass is 182 g/mol. The molecule has 0 aromatic carbocycles. The van der Waals surface area contributed by atoms with Crippen molar-refractivity contribution in [2.45, 2.75) is 59.0 Å². The van der Waals surface area contributed by atoms with Crippen LogP contribution >= 0.6 is 0 Å². The lowest BCUT2D eigenvalue weighted by molar-refractivity contribution is 0.385. The summed E-state index contributed by atoms with van der Waals surface area (Å²) < 4.78 is 0. The van der Waals surface area contributed by atoms with E-state index < -0.39 is 0 Å². The van der Waals surface area contributed by atoms with E-state index in [2.05, 4.69) is 39.1 Å². The molecule has 0 heterocycles. The van der Waals surface area contributed by atoms with Crippen molar-refractivity contribution in [3.05, 3.63) is 0 Å². The molecule has 0 saturated heterocycles. The zero-order valence-corrected chi connectivity index (χ0v) is 9.30. The molecule has 2 unspecified atom stereocenters. The Bertz CT molecular complexity index is 158. The van der Waals surface area contributed by atoms with Crippen molar-refractivity contribution < 1.29 is 0 Å². The van der Waals surface area contributed by atoms with Gasteiger partial charge in [0.2, 0.25) is 0 Å². The summed E-state index contributed by atoms with van der Waals surface area (Å²) in [6, 6.07) is 3.11. The number of hydrogen-bond acceptors (Lipinski definition) is 2. The first-order valence-corrected chi connectivity index (χ1v) is 5.23. The highest BCUT2D eigenvalue weighted by molar-refractivity contribution is 4.81. The van der Waals surface area contributed by atoms with Crippen LogP contribution in [-0.2, 0) is 0 Å². The molecule has 0 aromatic rings. The van der Waals surface area contributed by atoms with E-state index in [4.69, 9.17) is 5.26 Å². The summed E-state index contributed by atoms with van der Waals surface area (Å²) in [5.74, 6) is 0.724. The van der Waals surface area contributed by atoms with E-state index in [9.17, 15) is 0 Å². The second-order valence-electron chi connectivity index (χ2n) is 4.16. The fraction of sp³-hybridized carbons (Fsp3) is 0.909. The summed E-state index contributed by atoms with van der Waals surface area (Å²) >= 11 is 0. The Kier molecular flexibility index (Phi) is 6.62. The fourth-order valence-electron chi connectivity index (χ4n) is 1.61. The number of rotatable bonds is 6. The first kappa shape index (κ1) is 12.4. The molecule has 0 bridgehead atoms. The van der Waals surface area contributed by atoms with Gasteiger partial charge in [-0.15, -0.1) is 0 Å². The summed E-state index contributed by atoms with van der Waals surface area (Å²) in [4.78, 5) is 0. The van der Waals surface area contributed by atoms with E-state index in [1.54, 1.807) is 0 Å². The van der Waals surface area contributed by atoms with Gasteiger partial charge in [0.15, 0.2) is 0 Å². The van der Waals surface area contributed by atoms with Crippen molar-refractivity contribution in [1.82, 2.24) is 5.32 Å². The smallest absolute Gasteiger partial charge is 0.0638 e. The van der Waals surface area contributed by atoms with Crippen LogP contribution in [0.1, 0.15) is 47.0 Å². The van der Waals surface area contributed by atoms with Crippen LogP contribution in [0, 0.1) is 17.2 Å². The van der Waals surface area contributed by atoms with Crippen LogP contribution in [0.25, 0.3) is 0 Å². The van der Waals surface area contributed by atoms with Crippen LogP contribution < -0.4 is 5.32 Å². The lowest BCUT2D eigenvalue weighted by Gasteiger charge is -2.21. The average Bonchev–Trinajstić information content (AvgIpc) is 2.02. The molecule has 0 rings (SSSR count). The van der Waals surface area contributed by atoms with Crippen molar-refractivity contribution in [2.75, 3.05) is 0 Å². The van der Waals surface area contributed by atoms with Crippen molar-refractivity contribution in [3.8, 4) is 6.07 Å². The average molecular weight is 182 g/mol. The molecule has 0 amide bonds. The molecule has 2 atom stereocenters. The van der Waals surface area contributed by atoms with Gasteiger partial charge in [-0.1, -0.05) is 20.8 Å². The lowest BCUT2D eigenvalue weighted by Crippen LogP contribution is -2.36. The van der Waals surface area contributed by atoms with Gasteiger partial charge in [-0.05, 0) is 25.7 Å². The number of nitrogens with one attached hydrogen (secondary N) is 1. The third-order valence-electron chi connectivity index (χ3n) is 2.18. The van der Waals surface area contributed by atoms with Gasteiger partial charge in [-0.25, -0.2) is 0 Å². The van der Waals surface area contributed by atoms with Crippen molar-refractivity contribution in [2.24, 2.45) is 5.92 Å². The largest absolute Gasteiger partial charge is 0.310 e. The highest BCUT2D eigenvalue weighted by atomic mass is 14.9. The van der Waals surface area contributed by atoms with Gasteiger partial charge in [0.1, 0.15) is 0 Å². The summed E-state index contributed by atoms with van der Waals surface area (Å²) in [5, 5.41) is 12.0. The molecule has 0 aromatic heterocycles. The van der Waals surface area contributed by atoms with Gasteiger partial charge in [-0.3, -0.25) is 0 Å². The fourth-order valence-corrected chi connectivity index (χ4v) is 1.61. The van der Waals surface area contributed by atoms with Crippen molar-refractivity contribution in [3.63, 3.8) is 0 Å². The van der Waals surface area contributed by atoms with E-state index in [0.29, 0.717) is 18.5 Å². The van der Waals surface area contributed by atoms with E-state index in [-0.39, 0.29) is 0 Å². The highest BCUT2D eigenvalue weighted by Crippen LogP contribution is 2.06. The number of nitriles is 1. The molecule has 1 N–H and O–H groups in total. The molecule has 0 fully saturated rings. The molecule has 0 aliphatic rings. The van der Waals surface area contributed by atoms with E-state index >= 15 is 0 Å². The van der Waals surface area contributed by atoms with E-state index in [1.165, 1.54) is 6.42 Å². The normalized spacial score (nSPS) is 15.4. The molecule has 2 heteroatoms. The molecule has 0 aliphatic carbocycles. The summed E-state index contributed by atoms with van der Waals surface area (Å²) in [7, 11) is 0. The van der Waals surface area contributed by atoms with Crippen LogP contribution in [0.2, 0.25) is 0 Å². The molecule has 0 spiro atoms. The second kappa shape index (κ2) is 6.91. The van der Waals surface area contributed by atoms with Crippen molar-refractivity contribution >= 4 is 0 Å². The first-order valence-electron chi connectivity index (χ1n) is 5.23. The molecule has 2 nitrogen and oxygen atoms in total. The Morgan fingerprint density at radius 1 is 1.31 bits per heavy atom. The van der Waals surface area contributed by atoms with Crippen LogP contribution in [0.15, 0.2) is 0 Å². The quantitative estimate of drug-likeness (QED) is 0.685. The topological polar surface area (TPSA) is 35.8 Å². The minimum Gasteiger partial charge on any atom is -0.310 e. The third kappa shape index (κ3) is 6.60. The molecule has 13 heavy (non-hydrogen) atoms.